The topological polar surface area (TPSA) is 24.5 Å². The lowest BCUT2D eigenvalue weighted by Gasteiger charge is -2.35. The molecule has 0 amide bonds. The van der Waals surface area contributed by atoms with Gasteiger partial charge in [-0.3, -0.25) is 4.90 Å². The maximum atomic E-state index is 5.57. The van der Waals surface area contributed by atoms with Gasteiger partial charge in [-0.15, -0.1) is 0 Å². The maximum absolute atomic E-state index is 5.57. The van der Waals surface area contributed by atoms with Crippen LogP contribution in [0.1, 0.15) is 25.5 Å². The molecule has 2 rings (SSSR count). The van der Waals surface area contributed by atoms with E-state index in [0.29, 0.717) is 6.04 Å². The van der Waals surface area contributed by atoms with Gasteiger partial charge in [0, 0.05) is 25.7 Å². The molecule has 0 radical (unpaired) electrons. The van der Waals surface area contributed by atoms with Crippen molar-refractivity contribution in [1.82, 2.24) is 10.2 Å². The predicted octanol–water partition coefficient (Wildman–Crippen LogP) is 2.05. The Labute approximate surface area is 104 Å². The van der Waals surface area contributed by atoms with Crippen LogP contribution in [0.2, 0.25) is 0 Å². The highest BCUT2D eigenvalue weighted by atomic mass is 16.5. The Morgan fingerprint density at radius 1 is 1.41 bits per heavy atom. The maximum Gasteiger partial charge on any atom is 0.119 e. The first-order valence-electron chi connectivity index (χ1n) is 6.52. The average molecular weight is 234 g/mol. The molecule has 0 saturated carbocycles. The van der Waals surface area contributed by atoms with Crippen LogP contribution in [-0.4, -0.2) is 37.7 Å². The predicted molar refractivity (Wildman–Crippen MR) is 70.5 cm³/mol. The Morgan fingerprint density at radius 3 is 3.06 bits per heavy atom. The average Bonchev–Trinajstić information content (AvgIpc) is 2.39. The zero-order valence-electron chi connectivity index (χ0n) is 10.8. The Bertz CT molecular complexity index is 354. The van der Waals surface area contributed by atoms with Crippen LogP contribution in [0.5, 0.6) is 5.75 Å². The van der Waals surface area contributed by atoms with Crippen LogP contribution < -0.4 is 10.1 Å². The molecule has 1 saturated heterocycles. The van der Waals surface area contributed by atoms with Gasteiger partial charge in [0.25, 0.3) is 0 Å². The number of hydrogen-bond acceptors (Lipinski definition) is 3. The molecule has 0 aromatic heterocycles. The van der Waals surface area contributed by atoms with Crippen LogP contribution in [0.4, 0.5) is 0 Å². The lowest BCUT2D eigenvalue weighted by Crippen LogP contribution is -2.45. The first-order chi connectivity index (χ1) is 8.35. The van der Waals surface area contributed by atoms with E-state index in [0.717, 1.165) is 38.5 Å². The van der Waals surface area contributed by atoms with Crippen LogP contribution in [-0.2, 0) is 0 Å². The summed E-state index contributed by atoms with van der Waals surface area (Å²) in [6.07, 6.45) is 0. The third-order valence-electron chi connectivity index (χ3n) is 3.31. The van der Waals surface area contributed by atoms with E-state index in [1.807, 2.05) is 13.0 Å². The Morgan fingerprint density at radius 2 is 2.29 bits per heavy atom. The lowest BCUT2D eigenvalue weighted by molar-refractivity contribution is 0.170. The van der Waals surface area contributed by atoms with Crippen LogP contribution in [0.25, 0.3) is 0 Å². The van der Waals surface area contributed by atoms with Crippen molar-refractivity contribution in [3.8, 4) is 5.75 Å². The summed E-state index contributed by atoms with van der Waals surface area (Å²) in [4.78, 5) is 2.52. The number of nitrogens with zero attached hydrogens (tertiary/aromatic N) is 1. The third kappa shape index (κ3) is 2.99. The third-order valence-corrected chi connectivity index (χ3v) is 3.31. The number of likely N-dealkylation sites (N-methyl/N-ethyl adjacent to an activating group) is 1. The largest absolute Gasteiger partial charge is 0.494 e. The summed E-state index contributed by atoms with van der Waals surface area (Å²) in [6.45, 7) is 9.33. The summed E-state index contributed by atoms with van der Waals surface area (Å²) < 4.78 is 5.57. The number of nitrogens with one attached hydrogen (secondary N) is 1. The van der Waals surface area contributed by atoms with Gasteiger partial charge in [0.2, 0.25) is 0 Å². The van der Waals surface area contributed by atoms with E-state index in [2.05, 4.69) is 35.3 Å². The van der Waals surface area contributed by atoms with Crippen molar-refractivity contribution >= 4 is 0 Å². The summed E-state index contributed by atoms with van der Waals surface area (Å²) in [5.74, 6) is 0.978. The molecular formula is C14H22N2O. The van der Waals surface area contributed by atoms with Crippen molar-refractivity contribution in [1.29, 1.82) is 0 Å². The van der Waals surface area contributed by atoms with Gasteiger partial charge < -0.3 is 10.1 Å². The fraction of sp³-hybridized carbons (Fsp3) is 0.571. The first kappa shape index (κ1) is 12.4. The Hall–Kier alpha value is -1.06. The fourth-order valence-corrected chi connectivity index (χ4v) is 2.43. The SMILES string of the molecule is CCOc1cccc(C2CNCCN2CC)c1. The summed E-state index contributed by atoms with van der Waals surface area (Å²) in [5.41, 5.74) is 1.35. The molecule has 1 aromatic rings. The monoisotopic (exact) mass is 234 g/mol. The van der Waals surface area contributed by atoms with Crippen molar-refractivity contribution in [2.24, 2.45) is 0 Å². The van der Waals surface area contributed by atoms with E-state index in [1.165, 1.54) is 5.56 Å². The highest BCUT2D eigenvalue weighted by Crippen LogP contribution is 2.25. The molecule has 3 heteroatoms. The second-order valence-corrected chi connectivity index (χ2v) is 4.35. The van der Waals surface area contributed by atoms with Crippen molar-refractivity contribution in [3.05, 3.63) is 29.8 Å². The summed E-state index contributed by atoms with van der Waals surface area (Å²) in [5, 5.41) is 3.47. The van der Waals surface area contributed by atoms with E-state index >= 15 is 0 Å². The molecule has 0 bridgehead atoms. The Kier molecular flexibility index (Phi) is 4.40. The van der Waals surface area contributed by atoms with Gasteiger partial charge in [0.15, 0.2) is 0 Å². The molecule has 0 spiro atoms. The van der Waals surface area contributed by atoms with Gasteiger partial charge in [-0.1, -0.05) is 19.1 Å². The van der Waals surface area contributed by atoms with E-state index in [4.69, 9.17) is 4.74 Å². The van der Waals surface area contributed by atoms with Crippen LogP contribution in [0, 0.1) is 0 Å². The van der Waals surface area contributed by atoms with Gasteiger partial charge in [-0.05, 0) is 31.2 Å². The number of benzene rings is 1. The molecule has 3 nitrogen and oxygen atoms in total. The normalized spacial score (nSPS) is 21.4. The fourth-order valence-electron chi connectivity index (χ4n) is 2.43. The van der Waals surface area contributed by atoms with E-state index in [-0.39, 0.29) is 0 Å². The number of piperazine rings is 1. The molecule has 1 atom stereocenters. The zero-order chi connectivity index (χ0) is 12.1. The minimum Gasteiger partial charge on any atom is -0.494 e. The van der Waals surface area contributed by atoms with Gasteiger partial charge in [0.1, 0.15) is 5.75 Å². The standard InChI is InChI=1S/C14H22N2O/c1-3-16-9-8-15-11-14(16)12-6-5-7-13(10-12)17-4-2/h5-7,10,14-15H,3-4,8-9,11H2,1-2H3. The van der Waals surface area contributed by atoms with Gasteiger partial charge >= 0.3 is 0 Å². The molecule has 94 valence electrons. The minimum atomic E-state index is 0.481. The molecule has 1 N–H and O–H groups in total. The second-order valence-electron chi connectivity index (χ2n) is 4.35. The summed E-state index contributed by atoms with van der Waals surface area (Å²) >= 11 is 0. The highest BCUT2D eigenvalue weighted by Gasteiger charge is 2.22. The van der Waals surface area contributed by atoms with E-state index in [1.54, 1.807) is 0 Å². The molecular weight excluding hydrogens is 212 g/mol. The highest BCUT2D eigenvalue weighted by molar-refractivity contribution is 5.31. The molecule has 0 aliphatic carbocycles. The summed E-state index contributed by atoms with van der Waals surface area (Å²) in [6, 6.07) is 8.96. The number of ether oxygens (including phenoxy) is 1. The zero-order valence-corrected chi connectivity index (χ0v) is 10.8. The molecule has 1 heterocycles. The van der Waals surface area contributed by atoms with E-state index in [9.17, 15) is 0 Å². The summed E-state index contributed by atoms with van der Waals surface area (Å²) in [7, 11) is 0. The number of hydrogen-bond donors (Lipinski definition) is 1. The first-order valence-corrected chi connectivity index (χ1v) is 6.52. The quantitative estimate of drug-likeness (QED) is 0.863. The van der Waals surface area contributed by atoms with Gasteiger partial charge in [-0.2, -0.15) is 0 Å². The molecule has 1 aliphatic heterocycles. The molecule has 1 aromatic carbocycles. The minimum absolute atomic E-state index is 0.481. The Balaban J connectivity index is 2.16. The van der Waals surface area contributed by atoms with Crippen molar-refractivity contribution < 1.29 is 4.74 Å². The second kappa shape index (κ2) is 6.03. The lowest BCUT2D eigenvalue weighted by atomic mass is 10.0. The molecule has 1 unspecified atom stereocenters. The van der Waals surface area contributed by atoms with Gasteiger partial charge in [-0.25, -0.2) is 0 Å². The smallest absolute Gasteiger partial charge is 0.119 e. The van der Waals surface area contributed by atoms with Crippen LogP contribution >= 0.6 is 0 Å². The number of rotatable bonds is 4. The van der Waals surface area contributed by atoms with Crippen LogP contribution in [0.15, 0.2) is 24.3 Å². The van der Waals surface area contributed by atoms with E-state index < -0.39 is 0 Å². The molecule has 17 heavy (non-hydrogen) atoms. The van der Waals surface area contributed by atoms with Crippen molar-refractivity contribution in [2.45, 2.75) is 19.9 Å². The molecule has 1 fully saturated rings. The van der Waals surface area contributed by atoms with Crippen molar-refractivity contribution in [2.75, 3.05) is 32.8 Å². The van der Waals surface area contributed by atoms with Gasteiger partial charge in [0.05, 0.1) is 6.61 Å². The van der Waals surface area contributed by atoms with Crippen molar-refractivity contribution in [3.63, 3.8) is 0 Å². The molecule has 1 aliphatic rings. The van der Waals surface area contributed by atoms with Crippen LogP contribution in [0.3, 0.4) is 0 Å².